The van der Waals surface area contributed by atoms with Crippen LogP contribution in [0.15, 0.2) is 18.5 Å². The third-order valence-electron chi connectivity index (χ3n) is 5.07. The summed E-state index contributed by atoms with van der Waals surface area (Å²) in [4.78, 5) is 22.7. The largest absolute Gasteiger partial charge is 0.406 e. The van der Waals surface area contributed by atoms with Gasteiger partial charge in [-0.25, -0.2) is 4.98 Å². The highest BCUT2D eigenvalue weighted by Crippen LogP contribution is 2.38. The van der Waals surface area contributed by atoms with Crippen molar-refractivity contribution >= 4 is 22.6 Å². The van der Waals surface area contributed by atoms with E-state index in [9.17, 15) is 18.0 Å². The van der Waals surface area contributed by atoms with Crippen LogP contribution >= 0.6 is 0 Å². The van der Waals surface area contributed by atoms with Gasteiger partial charge in [0, 0.05) is 23.8 Å². The molecule has 0 bridgehead atoms. The standard InChI is InChI=1S/C17H19F3N4O/c18-17(19,20)9-23-10-24(11-4-2-1-3-5-11)14-12-6-7-21-15(12)22-8-13(14)16(23)25/h6-8,11H,1-5,9-10H2,(H,21,22). The topological polar surface area (TPSA) is 52.2 Å². The van der Waals surface area contributed by atoms with Crippen LogP contribution in [-0.2, 0) is 0 Å². The minimum atomic E-state index is -4.42. The summed E-state index contributed by atoms with van der Waals surface area (Å²) in [6.45, 7) is -1.26. The van der Waals surface area contributed by atoms with Crippen LogP contribution in [0.2, 0.25) is 0 Å². The van der Waals surface area contributed by atoms with Crippen LogP contribution in [0.5, 0.6) is 0 Å². The first kappa shape index (κ1) is 16.2. The fourth-order valence-corrected chi connectivity index (χ4v) is 3.98. The monoisotopic (exact) mass is 352 g/mol. The van der Waals surface area contributed by atoms with Gasteiger partial charge >= 0.3 is 6.18 Å². The summed E-state index contributed by atoms with van der Waals surface area (Å²) in [5.74, 6) is -0.602. The second-order valence-corrected chi connectivity index (χ2v) is 6.78. The van der Waals surface area contributed by atoms with Gasteiger partial charge < -0.3 is 14.8 Å². The van der Waals surface area contributed by atoms with Gasteiger partial charge in [0.05, 0.1) is 17.9 Å². The summed E-state index contributed by atoms with van der Waals surface area (Å²) in [5.41, 5.74) is 1.63. The van der Waals surface area contributed by atoms with Crippen molar-refractivity contribution in [1.29, 1.82) is 0 Å². The second kappa shape index (κ2) is 5.93. The van der Waals surface area contributed by atoms with Gasteiger partial charge in [0.15, 0.2) is 0 Å². The minimum absolute atomic E-state index is 0.0275. The fraction of sp³-hybridized carbons (Fsp3) is 0.529. The lowest BCUT2D eigenvalue weighted by molar-refractivity contribution is -0.141. The van der Waals surface area contributed by atoms with Crippen molar-refractivity contribution in [3.8, 4) is 0 Å². The molecule has 3 heterocycles. The first-order valence-electron chi connectivity index (χ1n) is 8.53. The Morgan fingerprint density at radius 2 is 2.00 bits per heavy atom. The van der Waals surface area contributed by atoms with Gasteiger partial charge in [-0.1, -0.05) is 19.3 Å². The number of hydrogen-bond acceptors (Lipinski definition) is 3. The van der Waals surface area contributed by atoms with Crippen molar-refractivity contribution < 1.29 is 18.0 Å². The number of halogens is 3. The summed E-state index contributed by atoms with van der Waals surface area (Å²) in [5, 5.41) is 0.795. The molecule has 1 aliphatic heterocycles. The summed E-state index contributed by atoms with van der Waals surface area (Å²) in [7, 11) is 0. The number of nitrogens with zero attached hydrogens (tertiary/aromatic N) is 3. The SMILES string of the molecule is O=C1c2cnc3[nH]ccc3c2N(C2CCCCC2)CN1CC(F)(F)F. The first-order valence-corrected chi connectivity index (χ1v) is 8.53. The Kier molecular flexibility index (Phi) is 3.85. The van der Waals surface area contributed by atoms with E-state index in [-0.39, 0.29) is 18.3 Å². The minimum Gasteiger partial charge on any atom is -0.349 e. The Labute approximate surface area is 142 Å². The number of aromatic amines is 1. The van der Waals surface area contributed by atoms with Gasteiger partial charge in [-0.15, -0.1) is 0 Å². The molecule has 0 atom stereocenters. The molecule has 0 saturated heterocycles. The lowest BCUT2D eigenvalue weighted by Gasteiger charge is -2.44. The average Bonchev–Trinajstić information content (AvgIpc) is 3.05. The molecule has 1 N–H and O–H groups in total. The average molecular weight is 352 g/mol. The van der Waals surface area contributed by atoms with Crippen molar-refractivity contribution in [2.45, 2.75) is 44.3 Å². The number of carbonyl (C=O) groups is 1. The fourth-order valence-electron chi connectivity index (χ4n) is 3.98. The molecule has 1 fully saturated rings. The van der Waals surface area contributed by atoms with E-state index >= 15 is 0 Å². The van der Waals surface area contributed by atoms with Gasteiger partial charge in [-0.05, 0) is 18.9 Å². The van der Waals surface area contributed by atoms with Gasteiger partial charge in [-0.3, -0.25) is 4.79 Å². The van der Waals surface area contributed by atoms with E-state index in [4.69, 9.17) is 0 Å². The molecular weight excluding hydrogens is 333 g/mol. The number of nitrogens with one attached hydrogen (secondary N) is 1. The number of anilines is 1. The maximum absolute atomic E-state index is 12.9. The van der Waals surface area contributed by atoms with E-state index in [0.717, 1.165) is 48.1 Å². The maximum Gasteiger partial charge on any atom is 0.406 e. The summed E-state index contributed by atoms with van der Waals surface area (Å²) < 4.78 is 38.8. The third kappa shape index (κ3) is 2.94. The highest BCUT2D eigenvalue weighted by molar-refractivity contribution is 6.08. The highest BCUT2D eigenvalue weighted by atomic mass is 19.4. The van der Waals surface area contributed by atoms with Crippen LogP contribution in [0, 0.1) is 0 Å². The van der Waals surface area contributed by atoms with Crippen molar-refractivity contribution in [3.63, 3.8) is 0 Å². The Bertz CT molecular complexity index is 795. The van der Waals surface area contributed by atoms with E-state index < -0.39 is 18.6 Å². The second-order valence-electron chi connectivity index (χ2n) is 6.78. The Morgan fingerprint density at radius 3 is 2.72 bits per heavy atom. The number of pyridine rings is 1. The summed E-state index contributed by atoms with van der Waals surface area (Å²) >= 11 is 0. The Hall–Kier alpha value is -2.25. The molecule has 1 saturated carbocycles. The van der Waals surface area contributed by atoms with Crippen LogP contribution in [-0.4, -0.2) is 46.2 Å². The number of aromatic nitrogens is 2. The lowest BCUT2D eigenvalue weighted by atomic mass is 9.92. The van der Waals surface area contributed by atoms with Crippen molar-refractivity contribution in [2.75, 3.05) is 18.1 Å². The molecule has 134 valence electrons. The summed E-state index contributed by atoms with van der Waals surface area (Å²) in [6.07, 6.45) is 3.85. The van der Waals surface area contributed by atoms with Crippen molar-refractivity contribution in [3.05, 3.63) is 24.0 Å². The molecule has 2 aromatic heterocycles. The third-order valence-corrected chi connectivity index (χ3v) is 5.07. The molecule has 0 radical (unpaired) electrons. The number of hydrogen-bond donors (Lipinski definition) is 1. The molecule has 8 heteroatoms. The van der Waals surface area contributed by atoms with E-state index in [2.05, 4.69) is 9.97 Å². The van der Waals surface area contributed by atoms with Crippen LogP contribution in [0.4, 0.5) is 18.9 Å². The number of amides is 1. The number of rotatable bonds is 2. The van der Waals surface area contributed by atoms with Gasteiger partial charge in [0.25, 0.3) is 5.91 Å². The zero-order valence-corrected chi connectivity index (χ0v) is 13.6. The normalized spacial score (nSPS) is 19.6. The summed E-state index contributed by atoms with van der Waals surface area (Å²) in [6, 6.07) is 1.99. The molecule has 0 unspecified atom stereocenters. The number of carbonyl (C=O) groups excluding carboxylic acids is 1. The molecule has 4 rings (SSSR count). The molecule has 25 heavy (non-hydrogen) atoms. The van der Waals surface area contributed by atoms with Crippen LogP contribution in [0.3, 0.4) is 0 Å². The number of fused-ring (bicyclic) bond motifs is 3. The molecule has 0 aromatic carbocycles. The molecule has 1 aliphatic carbocycles. The number of alkyl halides is 3. The molecule has 1 amide bonds. The van der Waals surface area contributed by atoms with Crippen molar-refractivity contribution in [2.24, 2.45) is 0 Å². The zero-order chi connectivity index (χ0) is 17.6. The molecule has 5 nitrogen and oxygen atoms in total. The predicted octanol–water partition coefficient (Wildman–Crippen LogP) is 3.68. The maximum atomic E-state index is 12.9. The highest BCUT2D eigenvalue weighted by Gasteiger charge is 2.40. The first-order chi connectivity index (χ1) is 11.9. The van der Waals surface area contributed by atoms with E-state index in [0.29, 0.717) is 5.65 Å². The van der Waals surface area contributed by atoms with Crippen molar-refractivity contribution in [1.82, 2.24) is 14.9 Å². The Morgan fingerprint density at radius 1 is 1.24 bits per heavy atom. The van der Waals surface area contributed by atoms with E-state index in [1.54, 1.807) is 6.20 Å². The molecule has 2 aliphatic rings. The zero-order valence-electron chi connectivity index (χ0n) is 13.6. The Balaban J connectivity index is 1.80. The molecule has 0 spiro atoms. The molecule has 2 aromatic rings. The number of H-pyrrole nitrogens is 1. The molecular formula is C17H19F3N4O. The lowest BCUT2D eigenvalue weighted by Crippen LogP contribution is -2.53. The van der Waals surface area contributed by atoms with Crippen LogP contribution in [0.1, 0.15) is 42.5 Å². The van der Waals surface area contributed by atoms with Gasteiger partial charge in [0.2, 0.25) is 0 Å². The quantitative estimate of drug-likeness (QED) is 0.897. The van der Waals surface area contributed by atoms with E-state index in [1.165, 1.54) is 6.20 Å². The van der Waals surface area contributed by atoms with Gasteiger partial charge in [-0.2, -0.15) is 13.2 Å². The van der Waals surface area contributed by atoms with Gasteiger partial charge in [0.1, 0.15) is 12.2 Å². The smallest absolute Gasteiger partial charge is 0.349 e. The van der Waals surface area contributed by atoms with E-state index in [1.807, 2.05) is 11.0 Å². The predicted molar refractivity (Wildman–Crippen MR) is 87.4 cm³/mol. The van der Waals surface area contributed by atoms with Crippen LogP contribution < -0.4 is 4.90 Å². The van der Waals surface area contributed by atoms with Crippen LogP contribution in [0.25, 0.3) is 11.0 Å².